The molecular weight excluding hydrogens is 144 g/mol. The van der Waals surface area contributed by atoms with Gasteiger partial charge in [0.15, 0.2) is 0 Å². The van der Waals surface area contributed by atoms with Gasteiger partial charge in [0.1, 0.15) is 0 Å². The van der Waals surface area contributed by atoms with E-state index in [4.69, 9.17) is 0 Å². The molecule has 1 aromatic rings. The first-order valence-corrected chi connectivity index (χ1v) is 4.12. The lowest BCUT2D eigenvalue weighted by atomic mass is 9.96. The molecule has 0 fully saturated rings. The van der Waals surface area contributed by atoms with E-state index in [0.29, 0.717) is 0 Å². The molecular formula is C12H16. The van der Waals surface area contributed by atoms with Crippen molar-refractivity contribution >= 4 is 6.08 Å². The van der Waals surface area contributed by atoms with Crippen molar-refractivity contribution in [2.24, 2.45) is 0 Å². The maximum absolute atomic E-state index is 2.29. The predicted molar refractivity (Wildman–Crippen MR) is 55.3 cm³/mol. The predicted octanol–water partition coefficient (Wildman–Crippen LogP) is 3.59. The summed E-state index contributed by atoms with van der Waals surface area (Å²) in [6.07, 6.45) is 6.89. The molecule has 64 valence electrons. The maximum atomic E-state index is 2.29. The molecule has 0 nitrogen and oxygen atoms in total. The standard InChI is InChI=1S/C11H12.CH4/c1-9-6-7-10-4-2-3-5-11(10)8-9;/h2,4,6-8H,3,5H2,1H3;1H4. The highest BCUT2D eigenvalue weighted by molar-refractivity contribution is 5.56. The summed E-state index contributed by atoms with van der Waals surface area (Å²) in [7, 11) is 0. The van der Waals surface area contributed by atoms with E-state index in [9.17, 15) is 0 Å². The largest absolute Gasteiger partial charge is 0.0836 e. The van der Waals surface area contributed by atoms with Crippen LogP contribution >= 0.6 is 0 Å². The lowest BCUT2D eigenvalue weighted by Gasteiger charge is -2.09. The molecule has 0 heterocycles. The number of aryl methyl sites for hydroxylation is 2. The average Bonchev–Trinajstić information content (AvgIpc) is 2.04. The van der Waals surface area contributed by atoms with Crippen LogP contribution in [0.5, 0.6) is 0 Å². The summed E-state index contributed by atoms with van der Waals surface area (Å²) in [5, 5.41) is 0. The van der Waals surface area contributed by atoms with Gasteiger partial charge in [-0.1, -0.05) is 43.3 Å². The highest BCUT2D eigenvalue weighted by atomic mass is 14.1. The zero-order chi connectivity index (χ0) is 7.68. The fourth-order valence-corrected chi connectivity index (χ4v) is 1.56. The van der Waals surface area contributed by atoms with Crippen LogP contribution in [0.15, 0.2) is 24.3 Å². The van der Waals surface area contributed by atoms with Crippen LogP contribution in [0.2, 0.25) is 0 Å². The Morgan fingerprint density at radius 2 is 2.08 bits per heavy atom. The topological polar surface area (TPSA) is 0 Å². The van der Waals surface area contributed by atoms with Gasteiger partial charge in [-0.3, -0.25) is 0 Å². The summed E-state index contributed by atoms with van der Waals surface area (Å²) in [6, 6.07) is 6.67. The summed E-state index contributed by atoms with van der Waals surface area (Å²) in [6.45, 7) is 2.15. The van der Waals surface area contributed by atoms with Crippen LogP contribution in [-0.2, 0) is 6.42 Å². The van der Waals surface area contributed by atoms with Gasteiger partial charge in [-0.25, -0.2) is 0 Å². The van der Waals surface area contributed by atoms with Crippen molar-refractivity contribution in [1.29, 1.82) is 0 Å². The molecule has 0 unspecified atom stereocenters. The third-order valence-electron chi connectivity index (χ3n) is 2.18. The molecule has 12 heavy (non-hydrogen) atoms. The van der Waals surface area contributed by atoms with Crippen molar-refractivity contribution in [1.82, 2.24) is 0 Å². The van der Waals surface area contributed by atoms with Crippen LogP contribution in [0.1, 0.15) is 30.5 Å². The van der Waals surface area contributed by atoms with Crippen molar-refractivity contribution in [2.45, 2.75) is 27.2 Å². The third kappa shape index (κ3) is 1.58. The van der Waals surface area contributed by atoms with Crippen molar-refractivity contribution in [3.63, 3.8) is 0 Å². The number of fused-ring (bicyclic) bond motifs is 1. The maximum Gasteiger partial charge on any atom is -0.0227 e. The molecule has 2 rings (SSSR count). The molecule has 0 radical (unpaired) electrons. The second kappa shape index (κ2) is 3.57. The first-order chi connectivity index (χ1) is 5.36. The normalized spacial score (nSPS) is 13.4. The Hall–Kier alpha value is -1.04. The van der Waals surface area contributed by atoms with Gasteiger partial charge in [-0.2, -0.15) is 0 Å². The van der Waals surface area contributed by atoms with E-state index in [1.54, 1.807) is 0 Å². The average molecular weight is 160 g/mol. The zero-order valence-corrected chi connectivity index (χ0v) is 6.80. The Labute approximate surface area is 74.9 Å². The van der Waals surface area contributed by atoms with Gasteiger partial charge >= 0.3 is 0 Å². The summed E-state index contributed by atoms with van der Waals surface area (Å²) < 4.78 is 0. The van der Waals surface area contributed by atoms with Crippen LogP contribution in [-0.4, -0.2) is 0 Å². The van der Waals surface area contributed by atoms with Gasteiger partial charge in [-0.15, -0.1) is 0 Å². The molecule has 0 saturated heterocycles. The van der Waals surface area contributed by atoms with Crippen molar-refractivity contribution in [2.75, 3.05) is 0 Å². The molecule has 1 aliphatic rings. The second-order valence-corrected chi connectivity index (χ2v) is 3.14. The third-order valence-corrected chi connectivity index (χ3v) is 2.18. The van der Waals surface area contributed by atoms with Crippen LogP contribution in [0, 0.1) is 6.92 Å². The molecule has 0 aromatic heterocycles. The van der Waals surface area contributed by atoms with E-state index in [0.717, 1.165) is 0 Å². The van der Waals surface area contributed by atoms with Crippen molar-refractivity contribution < 1.29 is 0 Å². The van der Waals surface area contributed by atoms with E-state index in [1.807, 2.05) is 0 Å². The summed E-state index contributed by atoms with van der Waals surface area (Å²) in [5.41, 5.74) is 4.29. The first-order valence-electron chi connectivity index (χ1n) is 4.12. The van der Waals surface area contributed by atoms with Gasteiger partial charge in [-0.05, 0) is 30.9 Å². The first kappa shape index (κ1) is 9.05. The molecule has 1 aromatic carbocycles. The number of rotatable bonds is 0. The molecule has 0 aliphatic heterocycles. The van der Waals surface area contributed by atoms with E-state index >= 15 is 0 Å². The minimum atomic E-state index is 0. The molecule has 0 saturated carbocycles. The monoisotopic (exact) mass is 160 g/mol. The van der Waals surface area contributed by atoms with Gasteiger partial charge in [0.05, 0.1) is 0 Å². The van der Waals surface area contributed by atoms with E-state index in [1.165, 1.54) is 29.5 Å². The summed E-state index contributed by atoms with van der Waals surface area (Å²) >= 11 is 0. The van der Waals surface area contributed by atoms with E-state index < -0.39 is 0 Å². The fourth-order valence-electron chi connectivity index (χ4n) is 1.56. The molecule has 0 atom stereocenters. The van der Waals surface area contributed by atoms with E-state index in [2.05, 4.69) is 37.3 Å². The minimum absolute atomic E-state index is 0. The number of hydrogen-bond acceptors (Lipinski definition) is 0. The van der Waals surface area contributed by atoms with Crippen LogP contribution < -0.4 is 0 Å². The van der Waals surface area contributed by atoms with Gasteiger partial charge in [0, 0.05) is 0 Å². The zero-order valence-electron chi connectivity index (χ0n) is 6.80. The summed E-state index contributed by atoms with van der Waals surface area (Å²) in [5.74, 6) is 0. The number of benzene rings is 1. The summed E-state index contributed by atoms with van der Waals surface area (Å²) in [4.78, 5) is 0. The van der Waals surface area contributed by atoms with Crippen LogP contribution in [0.3, 0.4) is 0 Å². The lowest BCUT2D eigenvalue weighted by Crippen LogP contribution is -1.93. The van der Waals surface area contributed by atoms with Crippen LogP contribution in [0.25, 0.3) is 6.08 Å². The SMILES string of the molecule is C.Cc1ccc2c(c1)CCC=C2. The lowest BCUT2D eigenvalue weighted by molar-refractivity contribution is 0.982. The van der Waals surface area contributed by atoms with Crippen molar-refractivity contribution in [3.8, 4) is 0 Å². The van der Waals surface area contributed by atoms with E-state index in [-0.39, 0.29) is 7.43 Å². The van der Waals surface area contributed by atoms with Crippen LogP contribution in [0.4, 0.5) is 0 Å². The Balaban J connectivity index is 0.000000720. The minimum Gasteiger partial charge on any atom is -0.0836 e. The molecule has 1 aliphatic carbocycles. The van der Waals surface area contributed by atoms with Gasteiger partial charge < -0.3 is 0 Å². The Kier molecular flexibility index (Phi) is 2.69. The quantitative estimate of drug-likeness (QED) is 0.544. The fraction of sp³-hybridized carbons (Fsp3) is 0.333. The van der Waals surface area contributed by atoms with Gasteiger partial charge in [0.2, 0.25) is 0 Å². The molecule has 0 heteroatoms. The highest BCUT2D eigenvalue weighted by Gasteiger charge is 2.02. The second-order valence-electron chi connectivity index (χ2n) is 3.14. The molecule has 0 spiro atoms. The smallest absolute Gasteiger partial charge is 0.0227 e. The van der Waals surface area contributed by atoms with Crippen molar-refractivity contribution in [3.05, 3.63) is 41.0 Å². The molecule has 0 bridgehead atoms. The number of hydrogen-bond donors (Lipinski definition) is 0. The molecule has 0 N–H and O–H groups in total. The Bertz CT molecular complexity index is 295. The Morgan fingerprint density at radius 1 is 1.25 bits per heavy atom. The Morgan fingerprint density at radius 3 is 2.92 bits per heavy atom. The number of allylic oxidation sites excluding steroid dienone is 1. The molecule has 0 amide bonds. The highest BCUT2D eigenvalue weighted by Crippen LogP contribution is 2.19. The van der Waals surface area contributed by atoms with Gasteiger partial charge in [0.25, 0.3) is 0 Å².